The molecule has 2 atom stereocenters. The predicted molar refractivity (Wildman–Crippen MR) is 143 cm³/mol. The maximum Gasteiger partial charge on any atom is 0.187 e. The van der Waals surface area contributed by atoms with Crippen molar-refractivity contribution in [2.45, 2.75) is 52.0 Å². The van der Waals surface area contributed by atoms with Crippen molar-refractivity contribution in [3.63, 3.8) is 0 Å². The zero-order valence-corrected chi connectivity index (χ0v) is 21.7. The first-order chi connectivity index (χ1) is 18.0. The summed E-state index contributed by atoms with van der Waals surface area (Å²) in [6.45, 7) is 3.70. The minimum absolute atomic E-state index is 0.281. The molecular weight excluding hydrogens is 487 g/mol. The number of halogens is 2. The predicted octanol–water partition coefficient (Wildman–Crippen LogP) is 6.38. The van der Waals surface area contributed by atoms with Gasteiger partial charge in [0, 0.05) is 19.3 Å². The summed E-state index contributed by atoms with van der Waals surface area (Å²) >= 11 is 6.26. The molecule has 0 spiro atoms. The van der Waals surface area contributed by atoms with E-state index in [4.69, 9.17) is 21.6 Å². The van der Waals surface area contributed by atoms with Gasteiger partial charge in [0.15, 0.2) is 23.1 Å². The Hall–Kier alpha value is -3.06. The average Bonchev–Trinajstić information content (AvgIpc) is 3.34. The number of H-pyrrole nitrogens is 1. The highest BCUT2D eigenvalue weighted by Gasteiger charge is 2.42. The molecule has 3 aliphatic carbocycles. The molecule has 4 aromatic rings. The minimum atomic E-state index is -0.281. The van der Waals surface area contributed by atoms with Crippen LogP contribution in [0.15, 0.2) is 36.5 Å². The third-order valence-corrected chi connectivity index (χ3v) is 9.41. The van der Waals surface area contributed by atoms with Crippen molar-refractivity contribution in [3.8, 4) is 11.5 Å². The van der Waals surface area contributed by atoms with Crippen LogP contribution in [-0.2, 0) is 19.4 Å². The molecule has 4 aliphatic rings. The molecule has 3 aromatic heterocycles. The maximum atomic E-state index is 16.3. The normalized spacial score (nSPS) is 25.0. The summed E-state index contributed by atoms with van der Waals surface area (Å²) in [5.41, 5.74) is 4.22. The van der Waals surface area contributed by atoms with Crippen LogP contribution in [0.3, 0.4) is 0 Å². The summed E-state index contributed by atoms with van der Waals surface area (Å²) in [5.74, 6) is 2.99. The Morgan fingerprint density at radius 3 is 2.68 bits per heavy atom. The van der Waals surface area contributed by atoms with Gasteiger partial charge >= 0.3 is 0 Å². The summed E-state index contributed by atoms with van der Waals surface area (Å²) in [6.07, 6.45) is 8.21. The van der Waals surface area contributed by atoms with Gasteiger partial charge in [0.2, 0.25) is 0 Å². The highest BCUT2D eigenvalue weighted by Crippen LogP contribution is 2.50. The number of anilines is 1. The Kier molecular flexibility index (Phi) is 5.65. The smallest absolute Gasteiger partial charge is 0.187 e. The second-order valence-electron chi connectivity index (χ2n) is 11.1. The van der Waals surface area contributed by atoms with E-state index < -0.39 is 0 Å². The van der Waals surface area contributed by atoms with Gasteiger partial charge in [0.1, 0.15) is 5.69 Å². The Bertz CT molecular complexity index is 1470. The van der Waals surface area contributed by atoms with Gasteiger partial charge in [-0.3, -0.25) is 5.10 Å². The Balaban J connectivity index is 1.33. The van der Waals surface area contributed by atoms with Gasteiger partial charge in [0.25, 0.3) is 0 Å². The van der Waals surface area contributed by atoms with Gasteiger partial charge in [-0.2, -0.15) is 5.10 Å². The molecule has 4 heterocycles. The third kappa shape index (κ3) is 3.99. The molecule has 1 aliphatic heterocycles. The topological polar surface area (TPSA) is 70.6 Å². The summed E-state index contributed by atoms with van der Waals surface area (Å²) < 4.78 is 16.3. The van der Waals surface area contributed by atoms with E-state index in [2.05, 4.69) is 45.2 Å². The zero-order chi connectivity index (χ0) is 25.1. The monoisotopic (exact) mass is 516 g/mol. The number of benzene rings is 1. The summed E-state index contributed by atoms with van der Waals surface area (Å²) in [6, 6.07) is 10.2. The number of aromatic nitrogens is 5. The first-order valence-electron chi connectivity index (χ1n) is 13.4. The average molecular weight is 517 g/mol. The SMILES string of the molecule is C[C@H]1C2CCC(CC2)[C@@H]1Cc1nc(-c2[nH]nc3ncc(Cl)cc23)nc(N2CCc3ccccc3C2)c1F. The molecule has 190 valence electrons. The van der Waals surface area contributed by atoms with Crippen LogP contribution in [0.1, 0.15) is 49.4 Å². The fourth-order valence-electron chi connectivity index (χ4n) is 7.11. The number of hydrogen-bond acceptors (Lipinski definition) is 5. The standard InChI is InChI=1S/C29H30ClFN6/c1-16-17-6-8-19(9-7-17)22(16)13-24-25(31)29(37-11-10-18-4-2-3-5-20(18)15-37)34-28(33-24)26-23-12-21(30)14-32-27(23)36-35-26/h2-5,12,14,16-17,19,22H,6-11,13,15H2,1H3,(H,32,35,36)/t16-,17?,19?,22+/m0/s1. The molecule has 3 saturated carbocycles. The molecular formula is C29H30ClFN6. The molecule has 3 fully saturated rings. The van der Waals surface area contributed by atoms with E-state index in [1.165, 1.54) is 36.8 Å². The number of pyridine rings is 1. The van der Waals surface area contributed by atoms with Crippen molar-refractivity contribution < 1.29 is 4.39 Å². The molecule has 0 unspecified atom stereocenters. The highest BCUT2D eigenvalue weighted by molar-refractivity contribution is 6.31. The van der Waals surface area contributed by atoms with Crippen LogP contribution < -0.4 is 4.90 Å². The molecule has 6 nitrogen and oxygen atoms in total. The lowest BCUT2D eigenvalue weighted by molar-refractivity contribution is 0.0334. The summed E-state index contributed by atoms with van der Waals surface area (Å²) in [4.78, 5) is 16.0. The number of fused-ring (bicyclic) bond motifs is 5. The molecule has 37 heavy (non-hydrogen) atoms. The third-order valence-electron chi connectivity index (χ3n) is 9.20. The Morgan fingerprint density at radius 2 is 1.86 bits per heavy atom. The van der Waals surface area contributed by atoms with Gasteiger partial charge < -0.3 is 4.90 Å². The number of aromatic amines is 1. The summed E-state index contributed by atoms with van der Waals surface area (Å²) in [5, 5.41) is 8.64. The molecule has 1 aromatic carbocycles. The van der Waals surface area contributed by atoms with Gasteiger partial charge in [-0.15, -0.1) is 0 Å². The van der Waals surface area contributed by atoms with Crippen LogP contribution in [0.4, 0.5) is 10.2 Å². The van der Waals surface area contributed by atoms with E-state index in [0.717, 1.165) is 17.7 Å². The molecule has 0 saturated heterocycles. The quantitative estimate of drug-likeness (QED) is 0.340. The van der Waals surface area contributed by atoms with E-state index in [0.29, 0.717) is 71.0 Å². The van der Waals surface area contributed by atoms with Crippen LogP contribution in [0.2, 0.25) is 5.02 Å². The zero-order valence-electron chi connectivity index (χ0n) is 20.9. The first-order valence-corrected chi connectivity index (χ1v) is 13.8. The van der Waals surface area contributed by atoms with Crippen molar-refractivity contribution in [3.05, 3.63) is 64.2 Å². The molecule has 0 amide bonds. The Morgan fingerprint density at radius 1 is 1.08 bits per heavy atom. The first kappa shape index (κ1) is 23.1. The second kappa shape index (κ2) is 9.05. The number of nitrogens with one attached hydrogen (secondary N) is 1. The lowest BCUT2D eigenvalue weighted by Crippen LogP contribution is -2.40. The van der Waals surface area contributed by atoms with Gasteiger partial charge in [0.05, 0.1) is 16.1 Å². The lowest BCUT2D eigenvalue weighted by Gasteiger charge is -2.47. The lowest BCUT2D eigenvalue weighted by atomic mass is 9.58. The molecule has 8 heteroatoms. The van der Waals surface area contributed by atoms with Crippen molar-refractivity contribution in [1.29, 1.82) is 0 Å². The number of nitrogens with zero attached hydrogens (tertiary/aromatic N) is 5. The van der Waals surface area contributed by atoms with Crippen LogP contribution in [0, 0.1) is 29.5 Å². The summed E-state index contributed by atoms with van der Waals surface area (Å²) in [7, 11) is 0. The van der Waals surface area contributed by atoms with Gasteiger partial charge in [-0.05, 0) is 79.4 Å². The van der Waals surface area contributed by atoms with Crippen LogP contribution in [0.5, 0.6) is 0 Å². The van der Waals surface area contributed by atoms with Crippen molar-refractivity contribution in [2.75, 3.05) is 11.4 Å². The van der Waals surface area contributed by atoms with Crippen LogP contribution >= 0.6 is 11.6 Å². The largest absolute Gasteiger partial charge is 0.349 e. The molecule has 2 bridgehead atoms. The van der Waals surface area contributed by atoms with Crippen molar-refractivity contribution in [2.24, 2.45) is 23.7 Å². The van der Waals surface area contributed by atoms with Crippen molar-refractivity contribution in [1.82, 2.24) is 25.1 Å². The molecule has 0 radical (unpaired) electrons. The van der Waals surface area contributed by atoms with E-state index >= 15 is 4.39 Å². The Labute approximate surface area is 220 Å². The second-order valence-corrected chi connectivity index (χ2v) is 11.5. The fourth-order valence-corrected chi connectivity index (χ4v) is 7.27. The number of hydrogen-bond donors (Lipinski definition) is 1. The van der Waals surface area contributed by atoms with Crippen molar-refractivity contribution >= 4 is 28.5 Å². The molecule has 1 N–H and O–H groups in total. The minimum Gasteiger partial charge on any atom is -0.349 e. The van der Waals surface area contributed by atoms with Crippen LogP contribution in [0.25, 0.3) is 22.6 Å². The number of rotatable bonds is 4. The van der Waals surface area contributed by atoms with E-state index in [1.54, 1.807) is 6.20 Å². The van der Waals surface area contributed by atoms with E-state index in [1.807, 2.05) is 12.1 Å². The van der Waals surface area contributed by atoms with Gasteiger partial charge in [-0.25, -0.2) is 19.3 Å². The highest BCUT2D eigenvalue weighted by atomic mass is 35.5. The fraction of sp³-hybridized carbons (Fsp3) is 0.448. The van der Waals surface area contributed by atoms with Gasteiger partial charge in [-0.1, -0.05) is 42.8 Å². The maximum absolute atomic E-state index is 16.3. The van der Waals surface area contributed by atoms with Crippen LogP contribution in [-0.4, -0.2) is 31.7 Å². The van der Waals surface area contributed by atoms with E-state index in [9.17, 15) is 0 Å². The molecule has 8 rings (SSSR count). The van der Waals surface area contributed by atoms with E-state index in [-0.39, 0.29) is 5.82 Å².